The second-order valence-electron chi connectivity index (χ2n) is 4.06. The molecule has 1 aliphatic heterocycles. The maximum absolute atomic E-state index is 9.70. The average molecular weight is 302 g/mol. The number of rotatable bonds is 6. The van der Waals surface area contributed by atoms with Crippen molar-refractivity contribution in [1.29, 1.82) is 0 Å². The molecule has 1 aromatic carbocycles. The highest BCUT2D eigenvalue weighted by Crippen LogP contribution is 2.16. The zero-order valence-corrected chi connectivity index (χ0v) is 11.0. The Kier molecular flexibility index (Phi) is 4.79. The molecule has 2 N–H and O–H groups in total. The highest BCUT2D eigenvalue weighted by Gasteiger charge is 2.18. The maximum Gasteiger partial charge on any atom is 0.119 e. The Balaban J connectivity index is 1.64. The largest absolute Gasteiger partial charge is 0.491 e. The van der Waals surface area contributed by atoms with Crippen LogP contribution in [-0.2, 0) is 4.74 Å². The molecule has 0 radical (unpaired) electrons. The van der Waals surface area contributed by atoms with Gasteiger partial charge in [-0.1, -0.05) is 15.9 Å². The van der Waals surface area contributed by atoms with Crippen molar-refractivity contribution in [2.75, 3.05) is 26.4 Å². The Morgan fingerprint density at radius 1 is 1.41 bits per heavy atom. The quantitative estimate of drug-likeness (QED) is 0.828. The number of benzene rings is 1. The van der Waals surface area contributed by atoms with E-state index in [0.717, 1.165) is 23.4 Å². The number of ether oxygens (including phenoxy) is 2. The molecule has 0 bridgehead atoms. The van der Waals surface area contributed by atoms with Gasteiger partial charge >= 0.3 is 0 Å². The van der Waals surface area contributed by atoms with Gasteiger partial charge < -0.3 is 19.9 Å². The van der Waals surface area contributed by atoms with E-state index in [4.69, 9.17) is 9.47 Å². The molecule has 1 heterocycles. The first-order valence-electron chi connectivity index (χ1n) is 5.61. The Bertz CT molecular complexity index is 340. The summed E-state index contributed by atoms with van der Waals surface area (Å²) >= 11 is 3.35. The molecule has 0 aliphatic carbocycles. The minimum atomic E-state index is -0.501. The van der Waals surface area contributed by atoms with Crippen LogP contribution in [0.25, 0.3) is 0 Å². The fourth-order valence-electron chi connectivity index (χ4n) is 1.44. The number of aliphatic hydroxyl groups is 1. The summed E-state index contributed by atoms with van der Waals surface area (Å²) in [5.41, 5.74) is 0. The van der Waals surface area contributed by atoms with E-state index in [-0.39, 0.29) is 0 Å². The Hall–Kier alpha value is -0.620. The summed E-state index contributed by atoms with van der Waals surface area (Å²) in [6, 6.07) is 7.93. The molecule has 1 atom stereocenters. The van der Waals surface area contributed by atoms with Crippen molar-refractivity contribution in [3.05, 3.63) is 28.7 Å². The predicted molar refractivity (Wildman–Crippen MR) is 68.3 cm³/mol. The van der Waals surface area contributed by atoms with Crippen molar-refractivity contribution in [1.82, 2.24) is 5.32 Å². The van der Waals surface area contributed by atoms with E-state index in [1.54, 1.807) is 0 Å². The van der Waals surface area contributed by atoms with Crippen LogP contribution in [0, 0.1) is 0 Å². The average Bonchev–Trinajstić information content (AvgIpc) is 2.26. The topological polar surface area (TPSA) is 50.7 Å². The lowest BCUT2D eigenvalue weighted by atomic mass is 10.2. The molecule has 0 spiro atoms. The van der Waals surface area contributed by atoms with Crippen LogP contribution < -0.4 is 10.1 Å². The fraction of sp³-hybridized carbons (Fsp3) is 0.500. The third kappa shape index (κ3) is 4.27. The van der Waals surface area contributed by atoms with Crippen LogP contribution in [0.2, 0.25) is 0 Å². The van der Waals surface area contributed by atoms with Crippen LogP contribution in [0.3, 0.4) is 0 Å². The lowest BCUT2D eigenvalue weighted by molar-refractivity contribution is -0.0118. The van der Waals surface area contributed by atoms with Crippen molar-refractivity contribution < 1.29 is 14.6 Å². The minimum Gasteiger partial charge on any atom is -0.491 e. The van der Waals surface area contributed by atoms with Crippen LogP contribution >= 0.6 is 15.9 Å². The van der Waals surface area contributed by atoms with Gasteiger partial charge in [0, 0.05) is 11.0 Å². The SMILES string of the molecule is OC(CNC1COC1)COc1ccc(Br)cc1. The van der Waals surface area contributed by atoms with Crippen LogP contribution in [0.15, 0.2) is 28.7 Å². The van der Waals surface area contributed by atoms with Gasteiger partial charge in [-0.05, 0) is 24.3 Å². The van der Waals surface area contributed by atoms with Gasteiger partial charge in [-0.3, -0.25) is 0 Å². The highest BCUT2D eigenvalue weighted by molar-refractivity contribution is 9.10. The van der Waals surface area contributed by atoms with Crippen LogP contribution in [-0.4, -0.2) is 43.6 Å². The van der Waals surface area contributed by atoms with E-state index in [2.05, 4.69) is 21.2 Å². The van der Waals surface area contributed by atoms with Crippen molar-refractivity contribution in [3.63, 3.8) is 0 Å². The molecule has 4 nitrogen and oxygen atoms in total. The van der Waals surface area contributed by atoms with E-state index < -0.39 is 6.10 Å². The molecule has 1 saturated heterocycles. The number of hydrogen-bond acceptors (Lipinski definition) is 4. The van der Waals surface area contributed by atoms with Crippen molar-refractivity contribution in [2.45, 2.75) is 12.1 Å². The summed E-state index contributed by atoms with van der Waals surface area (Å²) in [4.78, 5) is 0. The Labute approximate surface area is 109 Å². The predicted octanol–water partition coefficient (Wildman–Crippen LogP) is 1.18. The molecule has 17 heavy (non-hydrogen) atoms. The van der Waals surface area contributed by atoms with Gasteiger partial charge in [-0.2, -0.15) is 0 Å². The first-order valence-corrected chi connectivity index (χ1v) is 6.41. The van der Waals surface area contributed by atoms with Gasteiger partial charge in [0.25, 0.3) is 0 Å². The number of aliphatic hydroxyl groups excluding tert-OH is 1. The lowest BCUT2D eigenvalue weighted by Gasteiger charge is -2.28. The normalized spacial score (nSPS) is 17.5. The van der Waals surface area contributed by atoms with Crippen LogP contribution in [0.1, 0.15) is 0 Å². The molecule has 2 rings (SSSR count). The molecule has 1 aliphatic rings. The summed E-state index contributed by atoms with van der Waals surface area (Å²) in [7, 11) is 0. The van der Waals surface area contributed by atoms with Gasteiger partial charge in [-0.25, -0.2) is 0 Å². The third-order valence-corrected chi connectivity index (χ3v) is 3.06. The summed E-state index contributed by atoms with van der Waals surface area (Å²) < 4.78 is 11.5. The van der Waals surface area contributed by atoms with Crippen molar-refractivity contribution >= 4 is 15.9 Å². The van der Waals surface area contributed by atoms with E-state index >= 15 is 0 Å². The zero-order chi connectivity index (χ0) is 12.1. The van der Waals surface area contributed by atoms with Gasteiger partial charge in [-0.15, -0.1) is 0 Å². The molecule has 5 heteroatoms. The molecule has 1 aromatic rings. The molecule has 1 unspecified atom stereocenters. The highest BCUT2D eigenvalue weighted by atomic mass is 79.9. The molecule has 0 saturated carbocycles. The van der Waals surface area contributed by atoms with Crippen LogP contribution in [0.4, 0.5) is 0 Å². The standard InChI is InChI=1S/C12H16BrNO3/c13-9-1-3-12(4-2-9)17-8-11(15)5-14-10-6-16-7-10/h1-4,10-11,14-15H,5-8H2. The first kappa shape index (κ1) is 12.8. The monoisotopic (exact) mass is 301 g/mol. The zero-order valence-electron chi connectivity index (χ0n) is 9.43. The Morgan fingerprint density at radius 2 is 2.12 bits per heavy atom. The van der Waals surface area contributed by atoms with Crippen molar-refractivity contribution in [2.24, 2.45) is 0 Å². The van der Waals surface area contributed by atoms with Gasteiger partial charge in [0.1, 0.15) is 18.5 Å². The molecule has 0 amide bonds. The fourth-order valence-corrected chi connectivity index (χ4v) is 1.70. The van der Waals surface area contributed by atoms with E-state index in [0.29, 0.717) is 19.2 Å². The molecule has 0 aromatic heterocycles. The number of nitrogens with one attached hydrogen (secondary N) is 1. The van der Waals surface area contributed by atoms with Gasteiger partial charge in [0.15, 0.2) is 0 Å². The lowest BCUT2D eigenvalue weighted by Crippen LogP contribution is -2.49. The number of hydrogen-bond donors (Lipinski definition) is 2. The summed E-state index contributed by atoms with van der Waals surface area (Å²) in [5.74, 6) is 0.763. The molecular formula is C12H16BrNO3. The van der Waals surface area contributed by atoms with E-state index in [9.17, 15) is 5.11 Å². The third-order valence-electron chi connectivity index (χ3n) is 2.54. The smallest absolute Gasteiger partial charge is 0.119 e. The van der Waals surface area contributed by atoms with E-state index in [1.807, 2.05) is 24.3 Å². The second kappa shape index (κ2) is 6.35. The second-order valence-corrected chi connectivity index (χ2v) is 4.98. The van der Waals surface area contributed by atoms with E-state index in [1.165, 1.54) is 0 Å². The summed E-state index contributed by atoms with van der Waals surface area (Å²) in [5, 5.41) is 12.9. The molecular weight excluding hydrogens is 286 g/mol. The molecule has 94 valence electrons. The van der Waals surface area contributed by atoms with Crippen LogP contribution in [0.5, 0.6) is 5.75 Å². The van der Waals surface area contributed by atoms with Crippen molar-refractivity contribution in [3.8, 4) is 5.75 Å². The number of halogens is 1. The summed E-state index contributed by atoms with van der Waals surface area (Å²) in [6.07, 6.45) is -0.501. The first-order chi connectivity index (χ1) is 8.24. The molecule has 1 fully saturated rings. The Morgan fingerprint density at radius 3 is 2.71 bits per heavy atom. The summed E-state index contributed by atoms with van der Waals surface area (Å²) in [6.45, 7) is 2.30. The van der Waals surface area contributed by atoms with Gasteiger partial charge in [0.2, 0.25) is 0 Å². The maximum atomic E-state index is 9.70. The minimum absolute atomic E-state index is 0.294. The van der Waals surface area contributed by atoms with Gasteiger partial charge in [0.05, 0.1) is 19.3 Å².